The molecule has 2 N–H and O–H groups in total. The molecule has 0 amide bonds. The van der Waals surface area contributed by atoms with Gasteiger partial charge in [-0.3, -0.25) is 9.98 Å². The van der Waals surface area contributed by atoms with Crippen LogP contribution < -0.4 is 5.73 Å². The third-order valence-electron chi connectivity index (χ3n) is 4.55. The van der Waals surface area contributed by atoms with Crippen LogP contribution in [0.4, 0.5) is 0 Å². The van der Waals surface area contributed by atoms with Gasteiger partial charge in [0.05, 0.1) is 0 Å². The van der Waals surface area contributed by atoms with Gasteiger partial charge >= 0.3 is 0 Å². The highest BCUT2D eigenvalue weighted by Gasteiger charge is 2.11. The Balaban J connectivity index is 2.61. The van der Waals surface area contributed by atoms with E-state index in [1.54, 1.807) is 7.05 Å². The summed E-state index contributed by atoms with van der Waals surface area (Å²) in [7, 11) is 1.77. The molecule has 146 valence electrons. The Morgan fingerprint density at radius 2 is 1.75 bits per heavy atom. The average Bonchev–Trinajstić information content (AvgIpc) is 2.60. The zero-order valence-corrected chi connectivity index (χ0v) is 18.4. The quantitative estimate of drug-likeness (QED) is 0.486. The van der Waals surface area contributed by atoms with E-state index >= 15 is 0 Å². The van der Waals surface area contributed by atoms with Crippen LogP contribution in [0.3, 0.4) is 0 Å². The first-order valence-corrected chi connectivity index (χ1v) is 9.71. The summed E-state index contributed by atoms with van der Waals surface area (Å²) in [5.41, 5.74) is 15.2. The van der Waals surface area contributed by atoms with Gasteiger partial charge < -0.3 is 5.73 Å². The monoisotopic (exact) mass is 391 g/mol. The SMILES string of the molecule is CN=C/C(=C(C)/N=C(C)/C(=C(\C)N)c1cccc(C)c1)c1ccc(S)cc1C. The van der Waals surface area contributed by atoms with Crippen LogP contribution in [0.5, 0.6) is 0 Å². The maximum absolute atomic E-state index is 6.23. The molecule has 0 radical (unpaired) electrons. The molecule has 0 aliphatic heterocycles. The Labute approximate surface area is 174 Å². The molecule has 28 heavy (non-hydrogen) atoms. The molecule has 0 saturated heterocycles. The molecule has 0 heterocycles. The van der Waals surface area contributed by atoms with Crippen LogP contribution in [-0.2, 0) is 0 Å². The number of hydrogen-bond acceptors (Lipinski definition) is 4. The van der Waals surface area contributed by atoms with Crippen molar-refractivity contribution in [1.29, 1.82) is 0 Å². The maximum Gasteiger partial charge on any atom is 0.0471 e. The predicted molar refractivity (Wildman–Crippen MR) is 127 cm³/mol. The fourth-order valence-corrected chi connectivity index (χ4v) is 3.60. The van der Waals surface area contributed by atoms with Crippen molar-refractivity contribution >= 4 is 35.7 Å². The van der Waals surface area contributed by atoms with Gasteiger partial charge in [0, 0.05) is 46.4 Å². The molecule has 0 aliphatic rings. The average molecular weight is 392 g/mol. The molecule has 0 unspecified atom stereocenters. The molecule has 0 bridgehead atoms. The van der Waals surface area contributed by atoms with Crippen molar-refractivity contribution in [2.24, 2.45) is 15.7 Å². The Morgan fingerprint density at radius 3 is 2.32 bits per heavy atom. The Hall–Kier alpha value is -2.59. The molecule has 2 aromatic carbocycles. The van der Waals surface area contributed by atoms with Crippen LogP contribution in [0.2, 0.25) is 0 Å². The molecule has 0 aromatic heterocycles. The van der Waals surface area contributed by atoms with Crippen LogP contribution in [0.25, 0.3) is 11.1 Å². The number of aryl methyl sites for hydroxylation is 2. The second-order valence-electron chi connectivity index (χ2n) is 7.01. The van der Waals surface area contributed by atoms with E-state index in [2.05, 4.69) is 55.7 Å². The van der Waals surface area contributed by atoms with E-state index in [9.17, 15) is 0 Å². The van der Waals surface area contributed by atoms with Gasteiger partial charge in [0.2, 0.25) is 0 Å². The van der Waals surface area contributed by atoms with Gasteiger partial charge in [-0.05, 0) is 63.4 Å². The Morgan fingerprint density at radius 1 is 1.04 bits per heavy atom. The number of aliphatic imine (C=N–C) groups is 2. The van der Waals surface area contributed by atoms with E-state index in [1.165, 1.54) is 5.56 Å². The molecule has 4 heteroatoms. The zero-order chi connectivity index (χ0) is 20.8. The smallest absolute Gasteiger partial charge is 0.0471 e. The minimum atomic E-state index is 0.751. The summed E-state index contributed by atoms with van der Waals surface area (Å²) < 4.78 is 0. The topological polar surface area (TPSA) is 50.7 Å². The standard InChI is InChI=1S/C24H29N3S/c1-15-8-7-9-20(12-15)24(17(3)25)19(5)27-18(4)23(14-26-6)22-11-10-21(28)13-16(22)2/h7-14,28H,25H2,1-6H3/b23-18-,24-17-,26-14?,27-19+. The van der Waals surface area contributed by atoms with Crippen molar-refractivity contribution in [2.75, 3.05) is 7.05 Å². The number of hydrogen-bond donors (Lipinski definition) is 2. The molecule has 0 fully saturated rings. The van der Waals surface area contributed by atoms with Gasteiger partial charge in [0.15, 0.2) is 0 Å². The van der Waals surface area contributed by atoms with E-state index in [1.807, 2.05) is 45.2 Å². The van der Waals surface area contributed by atoms with Crippen LogP contribution in [-0.4, -0.2) is 19.0 Å². The molecule has 0 aliphatic carbocycles. The lowest BCUT2D eigenvalue weighted by atomic mass is 9.97. The van der Waals surface area contributed by atoms with Gasteiger partial charge in [-0.25, -0.2) is 0 Å². The maximum atomic E-state index is 6.23. The molecule has 0 atom stereocenters. The summed E-state index contributed by atoms with van der Waals surface area (Å²) in [6.07, 6.45) is 1.86. The minimum absolute atomic E-state index is 0.751. The highest BCUT2D eigenvalue weighted by atomic mass is 32.1. The van der Waals surface area contributed by atoms with Crippen molar-refractivity contribution in [1.82, 2.24) is 0 Å². The second kappa shape index (κ2) is 9.56. The van der Waals surface area contributed by atoms with E-state index < -0.39 is 0 Å². The Bertz CT molecular complexity index is 991. The number of allylic oxidation sites excluding steroid dienone is 4. The highest BCUT2D eigenvalue weighted by molar-refractivity contribution is 7.80. The van der Waals surface area contributed by atoms with Gasteiger partial charge in [0.25, 0.3) is 0 Å². The van der Waals surface area contributed by atoms with Crippen LogP contribution in [0, 0.1) is 13.8 Å². The lowest BCUT2D eigenvalue weighted by Crippen LogP contribution is -2.06. The third-order valence-corrected chi connectivity index (χ3v) is 4.82. The summed E-state index contributed by atoms with van der Waals surface area (Å²) in [6.45, 7) is 10.1. The number of rotatable bonds is 5. The summed E-state index contributed by atoms with van der Waals surface area (Å²) >= 11 is 4.43. The summed E-state index contributed by atoms with van der Waals surface area (Å²) in [6, 6.07) is 14.4. The van der Waals surface area contributed by atoms with Crippen LogP contribution in [0.1, 0.15) is 43.0 Å². The first kappa shape index (κ1) is 21.7. The van der Waals surface area contributed by atoms with Crippen LogP contribution in [0.15, 0.2) is 68.7 Å². The van der Waals surface area contributed by atoms with E-state index in [-0.39, 0.29) is 0 Å². The molecule has 0 spiro atoms. The molecular formula is C24H29N3S. The number of nitrogens with two attached hydrogens (primary N) is 1. The van der Waals surface area contributed by atoms with E-state index in [0.717, 1.165) is 49.8 Å². The van der Waals surface area contributed by atoms with Crippen LogP contribution >= 0.6 is 12.6 Å². The van der Waals surface area contributed by atoms with Gasteiger partial charge in [-0.2, -0.15) is 0 Å². The zero-order valence-electron chi connectivity index (χ0n) is 17.5. The lowest BCUT2D eigenvalue weighted by Gasteiger charge is -2.13. The number of benzene rings is 2. The largest absolute Gasteiger partial charge is 0.402 e. The summed E-state index contributed by atoms with van der Waals surface area (Å²) in [5.74, 6) is 0. The lowest BCUT2D eigenvalue weighted by molar-refractivity contribution is 1.27. The third kappa shape index (κ3) is 5.23. The van der Waals surface area contributed by atoms with E-state index in [0.29, 0.717) is 0 Å². The predicted octanol–water partition coefficient (Wildman–Crippen LogP) is 5.87. The summed E-state index contributed by atoms with van der Waals surface area (Å²) in [4.78, 5) is 10.1. The fourth-order valence-electron chi connectivity index (χ4n) is 3.33. The van der Waals surface area contributed by atoms with Crippen molar-refractivity contribution < 1.29 is 0 Å². The van der Waals surface area contributed by atoms with Crippen molar-refractivity contribution in [3.63, 3.8) is 0 Å². The number of nitrogens with zero attached hydrogens (tertiary/aromatic N) is 2. The molecular weight excluding hydrogens is 362 g/mol. The Kier molecular flexibility index (Phi) is 7.41. The molecule has 0 saturated carbocycles. The first-order chi connectivity index (χ1) is 13.2. The van der Waals surface area contributed by atoms with Crippen molar-refractivity contribution in [3.8, 4) is 0 Å². The molecule has 2 rings (SSSR count). The van der Waals surface area contributed by atoms with Gasteiger partial charge in [-0.15, -0.1) is 12.6 Å². The normalized spacial score (nSPS) is 14.2. The van der Waals surface area contributed by atoms with Gasteiger partial charge in [0.1, 0.15) is 0 Å². The van der Waals surface area contributed by atoms with Gasteiger partial charge in [-0.1, -0.05) is 35.9 Å². The van der Waals surface area contributed by atoms with Crippen molar-refractivity contribution in [3.05, 3.63) is 76.1 Å². The second-order valence-corrected chi connectivity index (χ2v) is 7.53. The van der Waals surface area contributed by atoms with E-state index in [4.69, 9.17) is 10.7 Å². The molecule has 2 aromatic rings. The number of thiol groups is 1. The fraction of sp³-hybridized carbons (Fsp3) is 0.250. The highest BCUT2D eigenvalue weighted by Crippen LogP contribution is 2.26. The summed E-state index contributed by atoms with van der Waals surface area (Å²) in [5, 5.41) is 0. The van der Waals surface area contributed by atoms with Crippen molar-refractivity contribution in [2.45, 2.75) is 39.5 Å². The first-order valence-electron chi connectivity index (χ1n) is 9.26. The molecule has 3 nitrogen and oxygen atoms in total. The minimum Gasteiger partial charge on any atom is -0.402 e.